The summed E-state index contributed by atoms with van der Waals surface area (Å²) >= 11 is 1.21. The lowest BCUT2D eigenvalue weighted by atomic mass is 9.95. The number of hydrogen-bond acceptors (Lipinski definition) is 8. The van der Waals surface area contributed by atoms with Crippen molar-refractivity contribution in [3.63, 3.8) is 0 Å². The molecule has 42 heavy (non-hydrogen) atoms. The molecule has 0 radical (unpaired) electrons. The molecule has 1 aliphatic heterocycles. The molecule has 4 aromatic rings. The Hall–Kier alpha value is -5.14. The third-order valence-corrected chi connectivity index (χ3v) is 7.58. The van der Waals surface area contributed by atoms with Crippen molar-refractivity contribution in [2.24, 2.45) is 4.99 Å². The molecule has 0 unspecified atom stereocenters. The van der Waals surface area contributed by atoms with Crippen LogP contribution in [0.1, 0.15) is 31.0 Å². The standard InChI is InChI=1S/C32H28N4O5S/c1-4-40-24-15-13-21(14-16-24)28-27(30(37)35-23-10-6-5-7-11-23)20(2)34-32-36(28)31(38)26(42-32)19-22-9-8-12-25(39-3)29(22)41-18-17-33/h5-16,19,28H,4,18H2,1-3H3,(H,35,37)/b26-19-/t28-/m0/s1. The van der Waals surface area contributed by atoms with Crippen LogP contribution in [0.25, 0.3) is 6.08 Å². The summed E-state index contributed by atoms with van der Waals surface area (Å²) in [5.41, 5.74) is 2.50. The first-order valence-corrected chi connectivity index (χ1v) is 14.0. The van der Waals surface area contributed by atoms with Crippen LogP contribution in [0.4, 0.5) is 5.69 Å². The molecule has 0 aliphatic carbocycles. The van der Waals surface area contributed by atoms with Crippen LogP contribution < -0.4 is 34.4 Å². The summed E-state index contributed by atoms with van der Waals surface area (Å²) in [6.07, 6.45) is 1.69. The molecule has 1 N–H and O–H groups in total. The normalized spacial score (nSPS) is 14.4. The number of rotatable bonds is 9. The number of thiazole rings is 1. The van der Waals surface area contributed by atoms with Gasteiger partial charge in [-0.15, -0.1) is 0 Å². The maximum absolute atomic E-state index is 14.1. The number of carbonyl (C=O) groups is 1. The Bertz CT molecular complexity index is 1870. The van der Waals surface area contributed by atoms with E-state index in [1.807, 2.05) is 55.5 Å². The Kier molecular flexibility index (Phi) is 8.50. The number of nitrogens with one attached hydrogen (secondary N) is 1. The predicted molar refractivity (Wildman–Crippen MR) is 161 cm³/mol. The van der Waals surface area contributed by atoms with Crippen LogP contribution >= 0.6 is 11.3 Å². The fourth-order valence-corrected chi connectivity index (χ4v) is 5.80. The average Bonchev–Trinajstić information content (AvgIpc) is 3.30. The molecule has 1 aromatic heterocycles. The molecule has 10 heteroatoms. The van der Waals surface area contributed by atoms with E-state index in [9.17, 15) is 9.59 Å². The highest BCUT2D eigenvalue weighted by Crippen LogP contribution is 2.33. The summed E-state index contributed by atoms with van der Waals surface area (Å²) in [5.74, 6) is 1.13. The molecule has 3 aromatic carbocycles. The smallest absolute Gasteiger partial charge is 0.271 e. The Morgan fingerprint density at radius 1 is 1.10 bits per heavy atom. The lowest BCUT2D eigenvalue weighted by Gasteiger charge is -2.25. The SMILES string of the molecule is CCOc1ccc([C@H]2C(C(=O)Nc3ccccc3)=C(C)N=c3s/c(=C\c4cccc(OC)c4OCC#N)c(=O)n32)cc1. The fourth-order valence-electron chi connectivity index (χ4n) is 4.77. The average molecular weight is 581 g/mol. The largest absolute Gasteiger partial charge is 0.494 e. The molecule has 0 fully saturated rings. The highest BCUT2D eigenvalue weighted by Gasteiger charge is 2.32. The topological polar surface area (TPSA) is 115 Å². The number of aromatic nitrogens is 1. The number of amides is 1. The Morgan fingerprint density at radius 3 is 2.55 bits per heavy atom. The van der Waals surface area contributed by atoms with Gasteiger partial charge in [0.2, 0.25) is 0 Å². The van der Waals surface area contributed by atoms with E-state index in [0.717, 1.165) is 5.56 Å². The first kappa shape index (κ1) is 28.4. The van der Waals surface area contributed by atoms with Gasteiger partial charge >= 0.3 is 0 Å². The Balaban J connectivity index is 1.67. The van der Waals surface area contributed by atoms with E-state index in [0.29, 0.717) is 55.7 Å². The summed E-state index contributed by atoms with van der Waals surface area (Å²) in [6, 6.07) is 23.0. The Labute approximate surface area is 246 Å². The molecule has 1 amide bonds. The van der Waals surface area contributed by atoms with E-state index in [2.05, 4.69) is 5.32 Å². The van der Waals surface area contributed by atoms with Gasteiger partial charge in [0.25, 0.3) is 11.5 Å². The quantitative estimate of drug-likeness (QED) is 0.318. The third-order valence-electron chi connectivity index (χ3n) is 6.60. The second-order valence-corrected chi connectivity index (χ2v) is 10.2. The number of hydrogen-bond donors (Lipinski definition) is 1. The van der Waals surface area contributed by atoms with E-state index in [1.54, 1.807) is 47.9 Å². The first-order valence-electron chi connectivity index (χ1n) is 13.2. The van der Waals surface area contributed by atoms with Crippen molar-refractivity contribution in [1.82, 2.24) is 4.57 Å². The number of para-hydroxylation sites is 2. The van der Waals surface area contributed by atoms with Crippen molar-refractivity contribution in [3.05, 3.63) is 115 Å². The molecular formula is C32H28N4O5S. The summed E-state index contributed by atoms with van der Waals surface area (Å²) < 4.78 is 18.6. The highest BCUT2D eigenvalue weighted by molar-refractivity contribution is 7.07. The van der Waals surface area contributed by atoms with Gasteiger partial charge in [-0.2, -0.15) is 5.26 Å². The monoisotopic (exact) mass is 580 g/mol. The molecule has 0 saturated heterocycles. The second-order valence-electron chi connectivity index (χ2n) is 9.23. The minimum atomic E-state index is -0.734. The minimum absolute atomic E-state index is 0.181. The molecular weight excluding hydrogens is 552 g/mol. The molecule has 9 nitrogen and oxygen atoms in total. The zero-order valence-corrected chi connectivity index (χ0v) is 24.1. The molecule has 212 valence electrons. The maximum Gasteiger partial charge on any atom is 0.271 e. The number of fused-ring (bicyclic) bond motifs is 1. The van der Waals surface area contributed by atoms with Gasteiger partial charge in [0.15, 0.2) is 22.9 Å². The van der Waals surface area contributed by atoms with Crippen molar-refractivity contribution in [2.75, 3.05) is 25.6 Å². The zero-order valence-electron chi connectivity index (χ0n) is 23.3. The summed E-state index contributed by atoms with van der Waals surface area (Å²) in [6.45, 7) is 4.01. The lowest BCUT2D eigenvalue weighted by molar-refractivity contribution is -0.113. The van der Waals surface area contributed by atoms with Gasteiger partial charge in [0.05, 0.1) is 35.6 Å². The van der Waals surface area contributed by atoms with Crippen LogP contribution in [-0.4, -0.2) is 30.8 Å². The van der Waals surface area contributed by atoms with E-state index >= 15 is 0 Å². The lowest BCUT2D eigenvalue weighted by Crippen LogP contribution is -2.40. The van der Waals surface area contributed by atoms with E-state index < -0.39 is 6.04 Å². The van der Waals surface area contributed by atoms with Crippen LogP contribution in [0.3, 0.4) is 0 Å². The van der Waals surface area contributed by atoms with Gasteiger partial charge in [-0.25, -0.2) is 4.99 Å². The zero-order chi connectivity index (χ0) is 29.6. The fraction of sp³-hybridized carbons (Fsp3) is 0.188. The number of ether oxygens (including phenoxy) is 3. The molecule has 1 aliphatic rings. The van der Waals surface area contributed by atoms with Crippen molar-refractivity contribution in [2.45, 2.75) is 19.9 Å². The van der Waals surface area contributed by atoms with Crippen LogP contribution in [-0.2, 0) is 4.79 Å². The van der Waals surface area contributed by atoms with Gasteiger partial charge in [-0.1, -0.05) is 53.8 Å². The van der Waals surface area contributed by atoms with Gasteiger partial charge in [0.1, 0.15) is 11.8 Å². The highest BCUT2D eigenvalue weighted by atomic mass is 32.1. The minimum Gasteiger partial charge on any atom is -0.494 e. The van der Waals surface area contributed by atoms with Gasteiger partial charge in [-0.3, -0.25) is 14.2 Å². The van der Waals surface area contributed by atoms with Gasteiger partial charge in [-0.05, 0) is 55.8 Å². The first-order chi connectivity index (χ1) is 20.4. The van der Waals surface area contributed by atoms with E-state index in [-0.39, 0.29) is 18.1 Å². The predicted octanol–water partition coefficient (Wildman–Crippen LogP) is 4.18. The van der Waals surface area contributed by atoms with Crippen molar-refractivity contribution < 1.29 is 19.0 Å². The van der Waals surface area contributed by atoms with E-state index in [4.69, 9.17) is 24.5 Å². The van der Waals surface area contributed by atoms with Crippen LogP contribution in [0.2, 0.25) is 0 Å². The van der Waals surface area contributed by atoms with Crippen molar-refractivity contribution >= 4 is 29.0 Å². The number of benzene rings is 3. The van der Waals surface area contributed by atoms with Crippen LogP contribution in [0, 0.1) is 11.3 Å². The number of anilines is 1. The molecule has 0 spiro atoms. The molecule has 1 atom stereocenters. The number of methoxy groups -OCH3 is 1. The maximum atomic E-state index is 14.1. The summed E-state index contributed by atoms with van der Waals surface area (Å²) in [5, 5.41) is 12.0. The van der Waals surface area contributed by atoms with Gasteiger partial charge < -0.3 is 19.5 Å². The third kappa shape index (κ3) is 5.68. The van der Waals surface area contributed by atoms with Crippen molar-refractivity contribution in [1.29, 1.82) is 5.26 Å². The number of nitriles is 1. The molecule has 5 rings (SSSR count). The summed E-state index contributed by atoms with van der Waals surface area (Å²) in [4.78, 5) is 33.0. The second kappa shape index (κ2) is 12.6. The number of carbonyl (C=O) groups excluding carboxylic acids is 1. The molecule has 0 bridgehead atoms. The van der Waals surface area contributed by atoms with Crippen LogP contribution in [0.5, 0.6) is 17.2 Å². The van der Waals surface area contributed by atoms with Crippen molar-refractivity contribution in [3.8, 4) is 23.3 Å². The Morgan fingerprint density at radius 2 is 1.86 bits per heavy atom. The van der Waals surface area contributed by atoms with Crippen LogP contribution in [0.15, 0.2) is 93.9 Å². The molecule has 2 heterocycles. The summed E-state index contributed by atoms with van der Waals surface area (Å²) in [7, 11) is 1.51. The van der Waals surface area contributed by atoms with E-state index in [1.165, 1.54) is 18.4 Å². The number of allylic oxidation sites excluding steroid dienone is 1. The van der Waals surface area contributed by atoms with Gasteiger partial charge in [0, 0.05) is 11.3 Å². The molecule has 0 saturated carbocycles. The number of nitrogens with zero attached hydrogens (tertiary/aromatic N) is 3.